The molecule has 0 bridgehead atoms. The lowest BCUT2D eigenvalue weighted by atomic mass is 10.0. The summed E-state index contributed by atoms with van der Waals surface area (Å²) < 4.78 is 0. The molecule has 0 radical (unpaired) electrons. The van der Waals surface area contributed by atoms with Gasteiger partial charge in [-0.2, -0.15) is 0 Å². The lowest BCUT2D eigenvalue weighted by molar-refractivity contribution is -0.115. The van der Waals surface area contributed by atoms with Crippen molar-refractivity contribution < 1.29 is 4.79 Å². The minimum absolute atomic E-state index is 0.0590. The first-order valence-corrected chi connectivity index (χ1v) is 8.46. The van der Waals surface area contributed by atoms with Crippen LogP contribution >= 0.6 is 0 Å². The monoisotopic (exact) mass is 331 g/mol. The van der Waals surface area contributed by atoms with Crippen LogP contribution in [0, 0.1) is 0 Å². The van der Waals surface area contributed by atoms with Gasteiger partial charge in [-0.05, 0) is 48.1 Å². The van der Waals surface area contributed by atoms with Gasteiger partial charge in [-0.1, -0.05) is 42.5 Å². The first-order valence-electron chi connectivity index (χ1n) is 8.46. The molecule has 3 aromatic rings. The lowest BCUT2D eigenvalue weighted by Crippen LogP contribution is -2.14. The van der Waals surface area contributed by atoms with Gasteiger partial charge in [-0.3, -0.25) is 4.79 Å². The molecule has 0 spiro atoms. The molecule has 3 rings (SSSR count). The molecule has 0 aliphatic heterocycles. The quantitative estimate of drug-likeness (QED) is 0.716. The number of aromatic nitrogens is 2. The molecular weight excluding hydrogens is 310 g/mol. The highest BCUT2D eigenvalue weighted by atomic mass is 16.1. The van der Waals surface area contributed by atoms with Gasteiger partial charge in [0.15, 0.2) is 0 Å². The number of hydrogen-bond acceptors (Lipinski definition) is 3. The van der Waals surface area contributed by atoms with Crippen molar-refractivity contribution in [3.05, 3.63) is 90.0 Å². The van der Waals surface area contributed by atoms with Crippen LogP contribution in [-0.2, 0) is 24.1 Å². The highest BCUT2D eigenvalue weighted by molar-refractivity contribution is 5.92. The smallest absolute Gasteiger partial charge is 0.228 e. The van der Waals surface area contributed by atoms with Crippen LogP contribution in [0.5, 0.6) is 0 Å². The van der Waals surface area contributed by atoms with Crippen molar-refractivity contribution in [2.75, 3.05) is 5.32 Å². The number of anilines is 1. The normalized spacial score (nSPS) is 10.4. The number of rotatable bonds is 7. The molecule has 1 N–H and O–H groups in total. The van der Waals surface area contributed by atoms with Gasteiger partial charge in [0.2, 0.25) is 5.91 Å². The van der Waals surface area contributed by atoms with E-state index in [1.165, 1.54) is 17.5 Å². The molecule has 0 aliphatic carbocycles. The summed E-state index contributed by atoms with van der Waals surface area (Å²) in [5.41, 5.74) is 4.23. The van der Waals surface area contributed by atoms with Crippen molar-refractivity contribution in [1.29, 1.82) is 0 Å². The molecule has 1 amide bonds. The maximum absolute atomic E-state index is 12.1. The zero-order valence-electron chi connectivity index (χ0n) is 14.1. The Morgan fingerprint density at radius 2 is 1.56 bits per heavy atom. The summed E-state index contributed by atoms with van der Waals surface area (Å²) in [6, 6.07) is 18.5. The number of carbonyl (C=O) groups is 1. The second-order valence-corrected chi connectivity index (χ2v) is 6.01. The van der Waals surface area contributed by atoms with E-state index >= 15 is 0 Å². The van der Waals surface area contributed by atoms with Gasteiger partial charge in [-0.25, -0.2) is 9.97 Å². The van der Waals surface area contributed by atoms with Crippen LogP contribution in [-0.4, -0.2) is 15.9 Å². The van der Waals surface area contributed by atoms with E-state index in [4.69, 9.17) is 0 Å². The standard InChI is InChI=1S/C21H21N3O/c25-21(13-19-14-22-16-23-15-19)24-20-11-5-10-18(12-20)9-4-8-17-6-2-1-3-7-17/h1-3,5-7,10-12,14-16H,4,8-9,13H2,(H,24,25). The minimum atomic E-state index is -0.0590. The summed E-state index contributed by atoms with van der Waals surface area (Å²) >= 11 is 0. The highest BCUT2D eigenvalue weighted by Crippen LogP contribution is 2.14. The van der Waals surface area contributed by atoms with Gasteiger partial charge in [0.25, 0.3) is 0 Å². The van der Waals surface area contributed by atoms with Crippen molar-refractivity contribution in [3.63, 3.8) is 0 Å². The Kier molecular flexibility index (Phi) is 5.88. The molecule has 1 aromatic heterocycles. The van der Waals surface area contributed by atoms with E-state index in [0.29, 0.717) is 0 Å². The Bertz CT molecular complexity index is 804. The van der Waals surface area contributed by atoms with E-state index in [2.05, 4.69) is 45.6 Å². The number of amides is 1. The maximum Gasteiger partial charge on any atom is 0.228 e. The largest absolute Gasteiger partial charge is 0.326 e. The summed E-state index contributed by atoms with van der Waals surface area (Å²) in [5.74, 6) is -0.0590. The summed E-state index contributed by atoms with van der Waals surface area (Å²) in [4.78, 5) is 20.0. The van der Waals surface area contributed by atoms with Crippen LogP contribution < -0.4 is 5.32 Å². The first-order chi connectivity index (χ1) is 12.3. The number of nitrogens with one attached hydrogen (secondary N) is 1. The Balaban J connectivity index is 1.51. The number of benzene rings is 2. The van der Waals surface area contributed by atoms with E-state index < -0.39 is 0 Å². The molecule has 126 valence electrons. The van der Waals surface area contributed by atoms with Crippen LogP contribution in [0.15, 0.2) is 73.3 Å². The Morgan fingerprint density at radius 1 is 0.840 bits per heavy atom. The predicted octanol–water partition coefficient (Wildman–Crippen LogP) is 3.83. The van der Waals surface area contributed by atoms with Crippen molar-refractivity contribution in [2.45, 2.75) is 25.7 Å². The van der Waals surface area contributed by atoms with E-state index in [1.807, 2.05) is 24.3 Å². The average molecular weight is 331 g/mol. The Hall–Kier alpha value is -3.01. The molecule has 25 heavy (non-hydrogen) atoms. The van der Waals surface area contributed by atoms with Gasteiger partial charge >= 0.3 is 0 Å². The Labute approximate surface area is 148 Å². The summed E-state index contributed by atoms with van der Waals surface area (Å²) in [7, 11) is 0. The van der Waals surface area contributed by atoms with Gasteiger partial charge < -0.3 is 5.32 Å². The second kappa shape index (κ2) is 8.73. The number of aryl methyl sites for hydroxylation is 2. The fourth-order valence-corrected chi connectivity index (χ4v) is 2.76. The average Bonchev–Trinajstić information content (AvgIpc) is 2.64. The fraction of sp³-hybridized carbons (Fsp3) is 0.190. The molecule has 0 saturated heterocycles. The maximum atomic E-state index is 12.1. The van der Waals surface area contributed by atoms with Crippen LogP contribution in [0.1, 0.15) is 23.1 Å². The number of carbonyl (C=O) groups excluding carboxylic acids is 1. The minimum Gasteiger partial charge on any atom is -0.326 e. The first kappa shape index (κ1) is 16.8. The lowest BCUT2D eigenvalue weighted by Gasteiger charge is -2.08. The van der Waals surface area contributed by atoms with Crippen molar-refractivity contribution in [3.8, 4) is 0 Å². The van der Waals surface area contributed by atoms with Crippen LogP contribution in [0.25, 0.3) is 0 Å². The molecule has 4 nitrogen and oxygen atoms in total. The molecule has 0 saturated carbocycles. The van der Waals surface area contributed by atoms with E-state index in [-0.39, 0.29) is 12.3 Å². The van der Waals surface area contributed by atoms with Crippen LogP contribution in [0.2, 0.25) is 0 Å². The molecule has 0 aliphatic rings. The molecule has 0 fully saturated rings. The molecule has 0 atom stereocenters. The van der Waals surface area contributed by atoms with Crippen molar-refractivity contribution in [1.82, 2.24) is 9.97 Å². The summed E-state index contributed by atoms with van der Waals surface area (Å²) in [5, 5.41) is 2.94. The number of nitrogens with zero attached hydrogens (tertiary/aromatic N) is 2. The molecule has 4 heteroatoms. The zero-order valence-corrected chi connectivity index (χ0v) is 14.1. The Morgan fingerprint density at radius 3 is 2.36 bits per heavy atom. The summed E-state index contributed by atoms with van der Waals surface area (Å²) in [6.45, 7) is 0. The van der Waals surface area contributed by atoms with Gasteiger partial charge in [0.1, 0.15) is 6.33 Å². The van der Waals surface area contributed by atoms with Gasteiger partial charge in [0.05, 0.1) is 6.42 Å². The molecule has 1 heterocycles. The van der Waals surface area contributed by atoms with Crippen molar-refractivity contribution in [2.24, 2.45) is 0 Å². The van der Waals surface area contributed by atoms with Crippen LogP contribution in [0.4, 0.5) is 5.69 Å². The van der Waals surface area contributed by atoms with E-state index in [9.17, 15) is 4.79 Å². The highest BCUT2D eigenvalue weighted by Gasteiger charge is 2.05. The predicted molar refractivity (Wildman–Crippen MR) is 99.3 cm³/mol. The summed E-state index contributed by atoms with van der Waals surface area (Å²) in [6.07, 6.45) is 8.19. The van der Waals surface area contributed by atoms with Gasteiger partial charge in [-0.15, -0.1) is 0 Å². The molecule has 0 unspecified atom stereocenters. The third-order valence-electron chi connectivity index (χ3n) is 3.96. The van der Waals surface area contributed by atoms with E-state index in [0.717, 1.165) is 30.5 Å². The second-order valence-electron chi connectivity index (χ2n) is 6.01. The SMILES string of the molecule is O=C(Cc1cncnc1)Nc1cccc(CCCc2ccccc2)c1. The van der Waals surface area contributed by atoms with Gasteiger partial charge in [0, 0.05) is 18.1 Å². The van der Waals surface area contributed by atoms with Crippen LogP contribution in [0.3, 0.4) is 0 Å². The zero-order chi connectivity index (χ0) is 17.3. The van der Waals surface area contributed by atoms with E-state index in [1.54, 1.807) is 12.4 Å². The molecular formula is C21H21N3O. The molecule has 2 aromatic carbocycles. The third kappa shape index (κ3) is 5.53. The number of hydrogen-bond donors (Lipinski definition) is 1. The third-order valence-corrected chi connectivity index (χ3v) is 3.96. The fourth-order valence-electron chi connectivity index (χ4n) is 2.76. The topological polar surface area (TPSA) is 54.9 Å². The van der Waals surface area contributed by atoms with Crippen molar-refractivity contribution >= 4 is 11.6 Å².